The van der Waals surface area contributed by atoms with E-state index in [2.05, 4.69) is 76.7 Å². The van der Waals surface area contributed by atoms with Crippen molar-refractivity contribution in [3.63, 3.8) is 0 Å². The topological polar surface area (TPSA) is 12.0 Å². The Balaban J connectivity index is 1.75. The van der Waals surface area contributed by atoms with Gasteiger partial charge in [0.15, 0.2) is 0 Å². The van der Waals surface area contributed by atoms with Gasteiger partial charge in [-0.25, -0.2) is 0 Å². The molecule has 2 heteroatoms. The summed E-state index contributed by atoms with van der Waals surface area (Å²) < 4.78 is 1.15. The third kappa shape index (κ3) is 2.82. The van der Waals surface area contributed by atoms with E-state index in [4.69, 9.17) is 0 Å². The van der Waals surface area contributed by atoms with E-state index in [1.54, 1.807) is 0 Å². The largest absolute Gasteiger partial charge is 0.313 e. The van der Waals surface area contributed by atoms with Crippen molar-refractivity contribution >= 4 is 15.9 Å². The lowest BCUT2D eigenvalue weighted by Crippen LogP contribution is -2.41. The van der Waals surface area contributed by atoms with Crippen molar-refractivity contribution in [1.82, 2.24) is 5.32 Å². The first kappa shape index (κ1) is 13.8. The normalized spacial score (nSPS) is 18.2. The maximum Gasteiger partial charge on any atom is 0.0179 e. The van der Waals surface area contributed by atoms with Crippen LogP contribution in [-0.4, -0.2) is 12.6 Å². The fraction of sp³-hybridized carbons (Fsp3) is 0.333. The van der Waals surface area contributed by atoms with Crippen LogP contribution in [0.2, 0.25) is 0 Å². The van der Waals surface area contributed by atoms with Crippen LogP contribution in [-0.2, 0) is 12.8 Å². The molecule has 0 saturated carbocycles. The molecule has 0 aliphatic heterocycles. The fourth-order valence-corrected chi connectivity index (χ4v) is 3.41. The molecule has 1 nitrogen and oxygen atoms in total. The Morgan fingerprint density at radius 1 is 1.15 bits per heavy atom. The second-order valence-electron chi connectivity index (χ2n) is 5.50. The summed E-state index contributed by atoms with van der Waals surface area (Å²) >= 11 is 3.50. The van der Waals surface area contributed by atoms with Gasteiger partial charge in [0, 0.05) is 16.4 Å². The van der Waals surface area contributed by atoms with Crippen molar-refractivity contribution in [2.24, 2.45) is 0 Å². The van der Waals surface area contributed by atoms with E-state index in [-0.39, 0.29) is 0 Å². The molecule has 0 spiro atoms. The highest BCUT2D eigenvalue weighted by atomic mass is 79.9. The third-order valence-electron chi connectivity index (χ3n) is 4.22. The van der Waals surface area contributed by atoms with Crippen molar-refractivity contribution in [2.75, 3.05) is 6.54 Å². The van der Waals surface area contributed by atoms with E-state index in [1.807, 2.05) is 0 Å². The van der Waals surface area contributed by atoms with Gasteiger partial charge >= 0.3 is 0 Å². The summed E-state index contributed by atoms with van der Waals surface area (Å²) in [5.41, 5.74) is 4.47. The number of halogens is 1. The van der Waals surface area contributed by atoms with Crippen LogP contribution in [0, 0.1) is 0 Å². The number of likely N-dealkylation sites (N-methyl/N-ethyl adjacent to an activating group) is 1. The molecule has 0 aromatic heterocycles. The van der Waals surface area contributed by atoms with Gasteiger partial charge in [-0.15, -0.1) is 0 Å². The van der Waals surface area contributed by atoms with Crippen molar-refractivity contribution in [1.29, 1.82) is 0 Å². The standard InChI is InChI=1S/C18H20BrN/c1-2-20-18(11-13-7-9-15(19)10-8-13)17-12-14-5-3-4-6-16(14)17/h3-10,17-18,20H,2,11-12H2,1H3. The molecule has 20 heavy (non-hydrogen) atoms. The van der Waals surface area contributed by atoms with Crippen LogP contribution in [0.1, 0.15) is 29.5 Å². The zero-order chi connectivity index (χ0) is 13.9. The highest BCUT2D eigenvalue weighted by Crippen LogP contribution is 2.38. The smallest absolute Gasteiger partial charge is 0.0179 e. The minimum Gasteiger partial charge on any atom is -0.313 e. The van der Waals surface area contributed by atoms with Crippen LogP contribution < -0.4 is 5.32 Å². The number of rotatable bonds is 5. The Hall–Kier alpha value is -1.12. The highest BCUT2D eigenvalue weighted by molar-refractivity contribution is 9.10. The van der Waals surface area contributed by atoms with Crippen molar-refractivity contribution in [3.05, 3.63) is 69.7 Å². The predicted molar refractivity (Wildman–Crippen MR) is 88.2 cm³/mol. The van der Waals surface area contributed by atoms with Gasteiger partial charge < -0.3 is 5.32 Å². The molecule has 0 radical (unpaired) electrons. The Labute approximate surface area is 129 Å². The van der Waals surface area contributed by atoms with Gasteiger partial charge in [-0.05, 0) is 48.2 Å². The first-order valence-electron chi connectivity index (χ1n) is 7.33. The SMILES string of the molecule is CCNC(Cc1ccc(Br)cc1)C1Cc2ccccc21. The van der Waals surface area contributed by atoms with E-state index in [0.717, 1.165) is 17.4 Å². The molecule has 2 aromatic rings. The number of hydrogen-bond donors (Lipinski definition) is 1. The summed E-state index contributed by atoms with van der Waals surface area (Å²) in [5.74, 6) is 0.662. The molecule has 3 rings (SSSR count). The van der Waals surface area contributed by atoms with Crippen LogP contribution in [0.3, 0.4) is 0 Å². The number of benzene rings is 2. The summed E-state index contributed by atoms with van der Waals surface area (Å²) in [4.78, 5) is 0. The number of fused-ring (bicyclic) bond motifs is 1. The second kappa shape index (κ2) is 6.11. The molecule has 1 aliphatic carbocycles. The first-order valence-corrected chi connectivity index (χ1v) is 8.13. The van der Waals surface area contributed by atoms with Gasteiger partial charge in [0.2, 0.25) is 0 Å². The molecule has 2 atom stereocenters. The summed E-state index contributed by atoms with van der Waals surface area (Å²) in [7, 11) is 0. The summed E-state index contributed by atoms with van der Waals surface area (Å²) in [6, 6.07) is 18.1. The lowest BCUT2D eigenvalue weighted by molar-refractivity contribution is 0.405. The summed E-state index contributed by atoms with van der Waals surface area (Å²) in [6.07, 6.45) is 2.31. The average Bonchev–Trinajstić information content (AvgIpc) is 2.43. The van der Waals surface area contributed by atoms with E-state index in [9.17, 15) is 0 Å². The fourth-order valence-electron chi connectivity index (χ4n) is 3.15. The van der Waals surface area contributed by atoms with E-state index >= 15 is 0 Å². The van der Waals surface area contributed by atoms with E-state index in [0.29, 0.717) is 12.0 Å². The molecule has 2 aromatic carbocycles. The van der Waals surface area contributed by atoms with E-state index < -0.39 is 0 Å². The minimum absolute atomic E-state index is 0.538. The first-order chi connectivity index (χ1) is 9.78. The third-order valence-corrected chi connectivity index (χ3v) is 4.74. The van der Waals surface area contributed by atoms with Crippen molar-refractivity contribution in [2.45, 2.75) is 31.7 Å². The van der Waals surface area contributed by atoms with Gasteiger partial charge in [-0.2, -0.15) is 0 Å². The molecule has 0 heterocycles. The molecule has 1 aliphatic rings. The van der Waals surface area contributed by atoms with Gasteiger partial charge in [0.1, 0.15) is 0 Å². The Morgan fingerprint density at radius 2 is 1.90 bits per heavy atom. The van der Waals surface area contributed by atoms with Gasteiger partial charge in [-0.3, -0.25) is 0 Å². The minimum atomic E-state index is 0.538. The van der Waals surface area contributed by atoms with Crippen LogP contribution in [0.25, 0.3) is 0 Å². The zero-order valence-corrected chi connectivity index (χ0v) is 13.4. The lowest BCUT2D eigenvalue weighted by Gasteiger charge is -2.37. The molecular weight excluding hydrogens is 310 g/mol. The van der Waals surface area contributed by atoms with Gasteiger partial charge in [-0.1, -0.05) is 59.3 Å². The van der Waals surface area contributed by atoms with Crippen LogP contribution in [0.5, 0.6) is 0 Å². The lowest BCUT2D eigenvalue weighted by atomic mass is 9.72. The predicted octanol–water partition coefficient (Wildman–Crippen LogP) is 4.31. The second-order valence-corrected chi connectivity index (χ2v) is 6.42. The Bertz CT molecular complexity index is 576. The monoisotopic (exact) mass is 329 g/mol. The van der Waals surface area contributed by atoms with Gasteiger partial charge in [0.25, 0.3) is 0 Å². The molecular formula is C18H20BrN. The Kier molecular flexibility index (Phi) is 4.23. The van der Waals surface area contributed by atoms with Crippen molar-refractivity contribution < 1.29 is 0 Å². The molecule has 0 amide bonds. The molecule has 0 fully saturated rings. The molecule has 2 unspecified atom stereocenters. The zero-order valence-electron chi connectivity index (χ0n) is 11.8. The molecule has 104 valence electrons. The molecule has 1 N–H and O–H groups in total. The molecule has 0 bridgehead atoms. The van der Waals surface area contributed by atoms with Gasteiger partial charge in [0.05, 0.1) is 0 Å². The summed E-state index contributed by atoms with van der Waals surface area (Å²) in [6.45, 7) is 3.22. The van der Waals surface area contributed by atoms with Crippen LogP contribution >= 0.6 is 15.9 Å². The average molecular weight is 330 g/mol. The highest BCUT2D eigenvalue weighted by Gasteiger charge is 2.32. The van der Waals surface area contributed by atoms with Crippen LogP contribution in [0.4, 0.5) is 0 Å². The quantitative estimate of drug-likeness (QED) is 0.861. The molecule has 0 saturated heterocycles. The maximum atomic E-state index is 3.68. The maximum absolute atomic E-state index is 3.68. The van der Waals surface area contributed by atoms with Crippen molar-refractivity contribution in [3.8, 4) is 0 Å². The number of nitrogens with one attached hydrogen (secondary N) is 1. The van der Waals surface area contributed by atoms with Crippen LogP contribution in [0.15, 0.2) is 53.0 Å². The summed E-state index contributed by atoms with van der Waals surface area (Å²) in [5, 5.41) is 3.68. The Morgan fingerprint density at radius 3 is 2.60 bits per heavy atom. The van der Waals surface area contributed by atoms with E-state index in [1.165, 1.54) is 23.1 Å². The number of hydrogen-bond acceptors (Lipinski definition) is 1.